The predicted molar refractivity (Wildman–Crippen MR) is 67.5 cm³/mol. The molecule has 0 saturated carbocycles. The zero-order chi connectivity index (χ0) is 14.8. The Bertz CT molecular complexity index is 433. The highest BCUT2D eigenvalue weighted by Crippen LogP contribution is 2.23. The molecular formula is C12H19F3N4O. The molecule has 1 aromatic heterocycles. The quantitative estimate of drug-likeness (QED) is 0.903. The van der Waals surface area contributed by atoms with Gasteiger partial charge in [-0.05, 0) is 18.9 Å². The molecule has 1 saturated heterocycles. The lowest BCUT2D eigenvalue weighted by molar-refractivity contribution is -0.143. The molecule has 2 heterocycles. The van der Waals surface area contributed by atoms with Crippen LogP contribution in [0.2, 0.25) is 0 Å². The van der Waals surface area contributed by atoms with E-state index in [1.165, 1.54) is 4.90 Å². The summed E-state index contributed by atoms with van der Waals surface area (Å²) in [5.41, 5.74) is 0. The van der Waals surface area contributed by atoms with Crippen LogP contribution in [0.25, 0.3) is 0 Å². The Kier molecular flexibility index (Phi) is 4.52. The Morgan fingerprint density at radius 1 is 1.45 bits per heavy atom. The third kappa shape index (κ3) is 4.36. The number of hydrogen-bond acceptors (Lipinski definition) is 5. The summed E-state index contributed by atoms with van der Waals surface area (Å²) in [7, 11) is 0. The van der Waals surface area contributed by atoms with Crippen molar-refractivity contribution in [2.45, 2.75) is 32.4 Å². The van der Waals surface area contributed by atoms with Crippen LogP contribution in [0.15, 0.2) is 4.52 Å². The lowest BCUT2D eigenvalue weighted by Crippen LogP contribution is -2.33. The van der Waals surface area contributed by atoms with E-state index in [2.05, 4.69) is 15.5 Å². The maximum atomic E-state index is 12.3. The predicted octanol–water partition coefficient (Wildman–Crippen LogP) is 2.49. The van der Waals surface area contributed by atoms with Gasteiger partial charge in [0.2, 0.25) is 0 Å². The number of likely N-dealkylation sites (tertiary alicyclic amines) is 1. The minimum atomic E-state index is -4.12. The highest BCUT2D eigenvalue weighted by Gasteiger charge is 2.34. The Hall–Kier alpha value is -1.31. The second kappa shape index (κ2) is 5.99. The van der Waals surface area contributed by atoms with Gasteiger partial charge in [-0.2, -0.15) is 18.2 Å². The van der Waals surface area contributed by atoms with Crippen LogP contribution in [-0.4, -0.2) is 47.4 Å². The summed E-state index contributed by atoms with van der Waals surface area (Å²) in [4.78, 5) is 5.60. The molecule has 0 amide bonds. The standard InChI is InChI=1S/C12H19F3N4O/c1-8(2)10-17-11(20-18-10)16-5-9-3-4-19(6-9)7-12(13,14)15/h8-9H,3-7H2,1-2H3,(H,16,17,18). The molecule has 114 valence electrons. The molecule has 0 aliphatic carbocycles. The first-order chi connectivity index (χ1) is 9.33. The number of anilines is 1. The maximum Gasteiger partial charge on any atom is 0.401 e. The van der Waals surface area contributed by atoms with Crippen molar-refractivity contribution < 1.29 is 17.7 Å². The lowest BCUT2D eigenvalue weighted by atomic mass is 10.1. The minimum absolute atomic E-state index is 0.173. The van der Waals surface area contributed by atoms with Crippen molar-refractivity contribution in [2.24, 2.45) is 5.92 Å². The largest absolute Gasteiger partial charge is 0.401 e. The topological polar surface area (TPSA) is 54.2 Å². The highest BCUT2D eigenvalue weighted by atomic mass is 19.4. The van der Waals surface area contributed by atoms with E-state index >= 15 is 0 Å². The van der Waals surface area contributed by atoms with Crippen LogP contribution < -0.4 is 5.32 Å². The van der Waals surface area contributed by atoms with E-state index in [4.69, 9.17) is 4.52 Å². The Labute approximate surface area is 115 Å². The van der Waals surface area contributed by atoms with Crippen molar-refractivity contribution >= 4 is 6.01 Å². The molecule has 0 bridgehead atoms. The van der Waals surface area contributed by atoms with Crippen LogP contribution in [-0.2, 0) is 0 Å². The van der Waals surface area contributed by atoms with Gasteiger partial charge in [0.1, 0.15) is 0 Å². The first-order valence-corrected chi connectivity index (χ1v) is 6.70. The van der Waals surface area contributed by atoms with Gasteiger partial charge in [-0.15, -0.1) is 0 Å². The molecule has 20 heavy (non-hydrogen) atoms. The van der Waals surface area contributed by atoms with Crippen molar-refractivity contribution in [3.8, 4) is 0 Å². The van der Waals surface area contributed by atoms with Gasteiger partial charge in [0.25, 0.3) is 0 Å². The number of nitrogens with one attached hydrogen (secondary N) is 1. The van der Waals surface area contributed by atoms with Gasteiger partial charge < -0.3 is 9.84 Å². The van der Waals surface area contributed by atoms with E-state index < -0.39 is 12.7 Å². The van der Waals surface area contributed by atoms with E-state index in [9.17, 15) is 13.2 Å². The average Bonchev–Trinajstić information content (AvgIpc) is 2.92. The van der Waals surface area contributed by atoms with E-state index in [-0.39, 0.29) is 11.8 Å². The molecule has 5 nitrogen and oxygen atoms in total. The molecule has 1 atom stereocenters. The van der Waals surface area contributed by atoms with E-state index in [1.807, 2.05) is 13.8 Å². The summed E-state index contributed by atoms with van der Waals surface area (Å²) in [6.45, 7) is 4.56. The van der Waals surface area contributed by atoms with Gasteiger partial charge in [-0.25, -0.2) is 0 Å². The smallest absolute Gasteiger partial charge is 0.337 e. The molecular weight excluding hydrogens is 273 g/mol. The molecule has 2 rings (SSSR count). The van der Waals surface area contributed by atoms with Crippen molar-refractivity contribution in [1.29, 1.82) is 0 Å². The van der Waals surface area contributed by atoms with Gasteiger partial charge in [0.15, 0.2) is 5.82 Å². The molecule has 1 aliphatic rings. The number of rotatable bonds is 5. The van der Waals surface area contributed by atoms with Crippen LogP contribution in [0.1, 0.15) is 32.0 Å². The molecule has 0 radical (unpaired) electrons. The van der Waals surface area contributed by atoms with Crippen LogP contribution in [0.4, 0.5) is 19.2 Å². The van der Waals surface area contributed by atoms with Crippen molar-refractivity contribution in [3.05, 3.63) is 5.82 Å². The fourth-order valence-electron chi connectivity index (χ4n) is 2.25. The minimum Gasteiger partial charge on any atom is -0.337 e. The molecule has 1 unspecified atom stereocenters. The Balaban J connectivity index is 1.75. The lowest BCUT2D eigenvalue weighted by Gasteiger charge is -2.17. The first-order valence-electron chi connectivity index (χ1n) is 6.70. The van der Waals surface area contributed by atoms with Gasteiger partial charge in [0, 0.05) is 19.0 Å². The van der Waals surface area contributed by atoms with Gasteiger partial charge >= 0.3 is 12.2 Å². The van der Waals surface area contributed by atoms with Crippen molar-refractivity contribution in [2.75, 3.05) is 31.5 Å². The van der Waals surface area contributed by atoms with Gasteiger partial charge in [0.05, 0.1) is 6.54 Å². The number of halogens is 3. The third-order valence-corrected chi connectivity index (χ3v) is 3.27. The molecule has 1 aliphatic heterocycles. The van der Waals surface area contributed by atoms with Gasteiger partial charge in [-0.1, -0.05) is 19.0 Å². The van der Waals surface area contributed by atoms with Crippen LogP contribution in [0.5, 0.6) is 0 Å². The summed E-state index contributed by atoms with van der Waals surface area (Å²) < 4.78 is 41.8. The molecule has 8 heteroatoms. The van der Waals surface area contributed by atoms with Crippen LogP contribution >= 0.6 is 0 Å². The fraction of sp³-hybridized carbons (Fsp3) is 0.833. The summed E-state index contributed by atoms with van der Waals surface area (Å²) in [6.07, 6.45) is -3.38. The molecule has 0 spiro atoms. The maximum absolute atomic E-state index is 12.3. The van der Waals surface area contributed by atoms with Crippen molar-refractivity contribution in [3.63, 3.8) is 0 Å². The molecule has 1 fully saturated rings. The second-order valence-electron chi connectivity index (χ2n) is 5.50. The number of nitrogens with zero attached hydrogens (tertiary/aromatic N) is 3. The van der Waals surface area contributed by atoms with Crippen LogP contribution in [0, 0.1) is 5.92 Å². The Morgan fingerprint density at radius 2 is 2.20 bits per heavy atom. The molecule has 1 aromatic rings. The summed E-state index contributed by atoms with van der Waals surface area (Å²) in [5, 5.41) is 6.81. The second-order valence-corrected chi connectivity index (χ2v) is 5.50. The normalized spacial score (nSPS) is 20.8. The summed E-state index contributed by atoms with van der Waals surface area (Å²) in [6, 6.07) is 0.336. The average molecular weight is 292 g/mol. The number of alkyl halides is 3. The fourth-order valence-corrected chi connectivity index (χ4v) is 2.25. The number of hydrogen-bond donors (Lipinski definition) is 1. The summed E-state index contributed by atoms with van der Waals surface area (Å²) in [5.74, 6) is 0.979. The first kappa shape index (κ1) is 15.1. The van der Waals surface area contributed by atoms with E-state index in [1.54, 1.807) is 0 Å². The SMILES string of the molecule is CC(C)c1noc(NCC2CCN(CC(F)(F)F)C2)n1. The summed E-state index contributed by atoms with van der Waals surface area (Å²) >= 11 is 0. The monoisotopic (exact) mass is 292 g/mol. The molecule has 1 N–H and O–H groups in total. The third-order valence-electron chi connectivity index (χ3n) is 3.27. The van der Waals surface area contributed by atoms with Gasteiger partial charge in [-0.3, -0.25) is 4.90 Å². The van der Waals surface area contributed by atoms with Crippen molar-refractivity contribution in [1.82, 2.24) is 15.0 Å². The zero-order valence-electron chi connectivity index (χ0n) is 11.6. The highest BCUT2D eigenvalue weighted by molar-refractivity contribution is 5.19. The Morgan fingerprint density at radius 3 is 2.80 bits per heavy atom. The zero-order valence-corrected chi connectivity index (χ0v) is 11.6. The molecule has 0 aromatic carbocycles. The van der Waals surface area contributed by atoms with E-state index in [0.717, 1.165) is 6.42 Å². The van der Waals surface area contributed by atoms with Crippen LogP contribution in [0.3, 0.4) is 0 Å². The number of aromatic nitrogens is 2. The van der Waals surface area contributed by atoms with E-state index in [0.29, 0.717) is 31.5 Å².